The van der Waals surface area contributed by atoms with Crippen molar-refractivity contribution < 1.29 is 23.8 Å². The van der Waals surface area contributed by atoms with E-state index in [2.05, 4.69) is 26.6 Å². The molecule has 9 heteroatoms. The van der Waals surface area contributed by atoms with Gasteiger partial charge in [0.1, 0.15) is 23.1 Å². The lowest BCUT2D eigenvalue weighted by Crippen LogP contribution is -2.64. The Labute approximate surface area is 224 Å². The molecule has 1 atom stereocenters. The molecule has 0 radical (unpaired) electrons. The van der Waals surface area contributed by atoms with Crippen LogP contribution in [-0.4, -0.2) is 57.4 Å². The average Bonchev–Trinajstić information content (AvgIpc) is 2.99. The molecule has 2 amide bonds. The fourth-order valence-corrected chi connectivity index (χ4v) is 5.75. The predicted octanol–water partition coefficient (Wildman–Crippen LogP) is 3.79. The van der Waals surface area contributed by atoms with Gasteiger partial charge in [0.2, 0.25) is 5.91 Å². The van der Waals surface area contributed by atoms with E-state index in [1.807, 2.05) is 54.6 Å². The minimum atomic E-state index is -0.921. The molecule has 3 aromatic carbocycles. The molecule has 37 heavy (non-hydrogen) atoms. The minimum Gasteiger partial charge on any atom is -0.496 e. The van der Waals surface area contributed by atoms with Gasteiger partial charge in [0.15, 0.2) is 0 Å². The van der Waals surface area contributed by atoms with Crippen LogP contribution in [0.3, 0.4) is 0 Å². The van der Waals surface area contributed by atoms with E-state index in [9.17, 15) is 9.59 Å². The number of rotatable bonds is 6. The van der Waals surface area contributed by atoms with Gasteiger partial charge in [0.25, 0.3) is 5.91 Å². The number of anilines is 1. The van der Waals surface area contributed by atoms with Gasteiger partial charge >= 0.3 is 0 Å². The molecule has 0 aromatic heterocycles. The van der Waals surface area contributed by atoms with E-state index in [0.29, 0.717) is 43.2 Å². The van der Waals surface area contributed by atoms with E-state index < -0.39 is 11.6 Å². The van der Waals surface area contributed by atoms with Crippen LogP contribution in [0.25, 0.3) is 10.8 Å². The maximum Gasteiger partial charge on any atom is 0.254 e. The van der Waals surface area contributed by atoms with Crippen LogP contribution in [0.1, 0.15) is 18.4 Å². The number of halogens is 1. The van der Waals surface area contributed by atoms with Crippen LogP contribution in [0.5, 0.6) is 11.5 Å². The third-order valence-electron chi connectivity index (χ3n) is 7.10. The number of carbonyl (C=O) groups is 2. The smallest absolute Gasteiger partial charge is 0.254 e. The molecule has 2 N–H and O–H groups in total. The normalized spacial score (nSPS) is 18.7. The quantitative estimate of drug-likeness (QED) is 0.471. The van der Waals surface area contributed by atoms with E-state index >= 15 is 0 Å². The largest absolute Gasteiger partial charge is 0.496 e. The third-order valence-corrected chi connectivity index (χ3v) is 7.79. The number of nitrogens with zero attached hydrogens (tertiary/aromatic N) is 1. The highest BCUT2D eigenvalue weighted by Crippen LogP contribution is 2.43. The van der Waals surface area contributed by atoms with Crippen LogP contribution >= 0.6 is 15.9 Å². The summed E-state index contributed by atoms with van der Waals surface area (Å²) in [5, 5.41) is 7.84. The number of nitrogens with one attached hydrogen (secondary N) is 2. The second-order valence-electron chi connectivity index (χ2n) is 9.28. The lowest BCUT2D eigenvalue weighted by molar-refractivity contribution is -0.137. The highest BCUT2D eigenvalue weighted by atomic mass is 79.9. The molecule has 194 valence electrons. The summed E-state index contributed by atoms with van der Waals surface area (Å²) in [5.41, 5.74) is 0.598. The second kappa shape index (κ2) is 10.7. The summed E-state index contributed by atoms with van der Waals surface area (Å²) in [4.78, 5) is 28.9. The van der Waals surface area contributed by atoms with Crippen molar-refractivity contribution in [2.75, 3.05) is 38.8 Å². The number of methoxy groups -OCH3 is 1. The number of hydrogen-bond acceptors (Lipinski definition) is 6. The van der Waals surface area contributed by atoms with E-state index in [4.69, 9.17) is 14.2 Å². The first kappa shape index (κ1) is 25.5. The molecule has 3 aromatic rings. The summed E-state index contributed by atoms with van der Waals surface area (Å²) in [6, 6.07) is 16.5. The van der Waals surface area contributed by atoms with Crippen molar-refractivity contribution in [2.24, 2.45) is 0 Å². The fraction of sp³-hybridized carbons (Fsp3) is 0.357. The summed E-state index contributed by atoms with van der Waals surface area (Å²) in [6.07, 6.45) is 0.964. The Kier molecular flexibility index (Phi) is 7.37. The van der Waals surface area contributed by atoms with Crippen LogP contribution in [0, 0.1) is 0 Å². The van der Waals surface area contributed by atoms with E-state index in [1.165, 1.54) is 0 Å². The third kappa shape index (κ3) is 4.79. The van der Waals surface area contributed by atoms with Gasteiger partial charge in [0, 0.05) is 22.9 Å². The molecule has 0 bridgehead atoms. The van der Waals surface area contributed by atoms with Crippen LogP contribution in [-0.2, 0) is 20.9 Å². The van der Waals surface area contributed by atoms with Crippen molar-refractivity contribution in [3.05, 3.63) is 64.6 Å². The Balaban J connectivity index is 1.65. The Bertz CT molecular complexity index is 1320. The van der Waals surface area contributed by atoms with Gasteiger partial charge in [-0.2, -0.15) is 0 Å². The maximum atomic E-state index is 14.4. The molecular weight excluding hydrogens is 538 g/mol. The van der Waals surface area contributed by atoms with E-state index in [-0.39, 0.29) is 24.9 Å². The minimum absolute atomic E-state index is 0.0917. The van der Waals surface area contributed by atoms with Gasteiger partial charge in [-0.1, -0.05) is 40.2 Å². The van der Waals surface area contributed by atoms with Crippen LogP contribution in [0.15, 0.2) is 59.1 Å². The summed E-state index contributed by atoms with van der Waals surface area (Å²) in [6.45, 7) is 1.22. The molecule has 5 rings (SSSR count). The van der Waals surface area contributed by atoms with E-state index in [0.717, 1.165) is 20.8 Å². The topological polar surface area (TPSA) is 89.1 Å². The second-order valence-corrected chi connectivity index (χ2v) is 10.1. The van der Waals surface area contributed by atoms with Crippen molar-refractivity contribution in [1.29, 1.82) is 0 Å². The summed E-state index contributed by atoms with van der Waals surface area (Å²) < 4.78 is 19.0. The highest BCUT2D eigenvalue weighted by molar-refractivity contribution is 9.10. The lowest BCUT2D eigenvalue weighted by atomic mass is 9.85. The van der Waals surface area contributed by atoms with Gasteiger partial charge < -0.3 is 29.7 Å². The Morgan fingerprint density at radius 2 is 1.89 bits per heavy atom. The molecular formula is C28H30BrN3O5. The zero-order valence-electron chi connectivity index (χ0n) is 20.9. The Morgan fingerprint density at radius 3 is 2.65 bits per heavy atom. The molecule has 2 aliphatic rings. The zero-order valence-corrected chi connectivity index (χ0v) is 22.5. The molecule has 0 saturated carbocycles. The number of para-hydroxylation sites is 2. The van der Waals surface area contributed by atoms with Crippen LogP contribution in [0.4, 0.5) is 5.69 Å². The number of ether oxygens (including phenoxy) is 3. The molecule has 1 unspecified atom stereocenters. The van der Waals surface area contributed by atoms with Crippen molar-refractivity contribution >= 4 is 44.2 Å². The van der Waals surface area contributed by atoms with Gasteiger partial charge in [-0.3, -0.25) is 9.59 Å². The number of hydrogen-bond donors (Lipinski definition) is 2. The maximum absolute atomic E-state index is 14.4. The molecule has 1 saturated heterocycles. The number of carbonyl (C=O) groups excluding carboxylic acids is 2. The first-order valence-electron chi connectivity index (χ1n) is 12.3. The van der Waals surface area contributed by atoms with Crippen LogP contribution in [0.2, 0.25) is 0 Å². The average molecular weight is 568 g/mol. The summed E-state index contributed by atoms with van der Waals surface area (Å²) in [5.74, 6) is 0.777. The molecule has 1 fully saturated rings. The highest BCUT2D eigenvalue weighted by Gasteiger charge is 2.51. The van der Waals surface area contributed by atoms with Gasteiger partial charge in [-0.25, -0.2) is 0 Å². The molecule has 0 aliphatic carbocycles. The molecule has 1 spiro atoms. The SMILES string of the molecule is CNCC(=O)NC1C(=O)N(Cc2c(OC)ccc3c(Br)cccc23)c2ccccc2OC12CCOCC2. The molecule has 8 nitrogen and oxygen atoms in total. The fourth-order valence-electron chi connectivity index (χ4n) is 5.25. The number of benzene rings is 3. The Morgan fingerprint density at radius 1 is 1.11 bits per heavy atom. The predicted molar refractivity (Wildman–Crippen MR) is 145 cm³/mol. The van der Waals surface area contributed by atoms with Gasteiger partial charge in [0.05, 0.1) is 39.1 Å². The molecule has 2 aliphatic heterocycles. The lowest BCUT2D eigenvalue weighted by Gasteiger charge is -2.41. The van der Waals surface area contributed by atoms with Gasteiger partial charge in [-0.05, 0) is 48.2 Å². The van der Waals surface area contributed by atoms with Crippen molar-refractivity contribution in [3.63, 3.8) is 0 Å². The number of amides is 2. The van der Waals surface area contributed by atoms with Crippen molar-refractivity contribution in [2.45, 2.75) is 31.0 Å². The zero-order chi connectivity index (χ0) is 26.0. The standard InChI is InChI=1S/C28H30BrN3O5/c1-30-16-25(33)31-26-27(34)32(17-20-18-6-5-7-21(29)19(18)10-11-23(20)35-2)22-8-3-4-9-24(22)37-28(26)12-14-36-15-13-28/h3-11,26,30H,12-17H2,1-2H3,(H,31,33). The van der Waals surface area contributed by atoms with Crippen molar-refractivity contribution in [1.82, 2.24) is 10.6 Å². The van der Waals surface area contributed by atoms with Gasteiger partial charge in [-0.15, -0.1) is 0 Å². The molecule has 2 heterocycles. The van der Waals surface area contributed by atoms with Crippen molar-refractivity contribution in [3.8, 4) is 11.5 Å². The Hall–Kier alpha value is -3.14. The first-order chi connectivity index (χ1) is 18.0. The van der Waals surface area contributed by atoms with E-state index in [1.54, 1.807) is 19.1 Å². The summed E-state index contributed by atoms with van der Waals surface area (Å²) in [7, 11) is 3.32. The summed E-state index contributed by atoms with van der Waals surface area (Å²) >= 11 is 3.65. The first-order valence-corrected chi connectivity index (χ1v) is 13.1. The number of fused-ring (bicyclic) bond motifs is 2. The number of likely N-dealkylation sites (N-methyl/N-ethyl adjacent to an activating group) is 1. The monoisotopic (exact) mass is 567 g/mol. The van der Waals surface area contributed by atoms with Crippen LogP contribution < -0.4 is 25.0 Å².